The topological polar surface area (TPSA) is 146 Å². The largest absolute Gasteiger partial charge is 0.494 e. The van der Waals surface area contributed by atoms with Gasteiger partial charge in [0.05, 0.1) is 56.8 Å². The monoisotopic (exact) mass is 820 g/mol. The molecule has 0 aliphatic heterocycles. The first-order chi connectivity index (χ1) is 28.2. The van der Waals surface area contributed by atoms with Crippen LogP contribution in [0.1, 0.15) is 53.5 Å². The van der Waals surface area contributed by atoms with Gasteiger partial charge in [0.15, 0.2) is 5.75 Å². The number of nitrogens with one attached hydrogen (secondary N) is 3. The molecule has 0 radical (unpaired) electrons. The highest BCUT2D eigenvalue weighted by molar-refractivity contribution is 7.70. The van der Waals surface area contributed by atoms with E-state index in [1.165, 1.54) is 7.11 Å². The molecule has 13 heteroatoms. The van der Waals surface area contributed by atoms with Crippen molar-refractivity contribution in [1.29, 1.82) is 0 Å². The molecule has 0 fully saturated rings. The van der Waals surface area contributed by atoms with Crippen LogP contribution in [-0.2, 0) is 30.6 Å². The van der Waals surface area contributed by atoms with Crippen LogP contribution >= 0.6 is 7.14 Å². The molecule has 1 heterocycles. The molecule has 59 heavy (non-hydrogen) atoms. The number of rotatable bonds is 18. The Balaban J connectivity index is 1.28. The van der Waals surface area contributed by atoms with Gasteiger partial charge in [-0.2, -0.15) is 0 Å². The van der Waals surface area contributed by atoms with Gasteiger partial charge in [-0.05, 0) is 78.4 Å². The van der Waals surface area contributed by atoms with Crippen LogP contribution in [0, 0.1) is 12.3 Å². The van der Waals surface area contributed by atoms with E-state index in [-0.39, 0.29) is 11.3 Å². The average Bonchev–Trinajstić information content (AvgIpc) is 3.20. The lowest BCUT2D eigenvalue weighted by molar-refractivity contribution is 0.0255. The highest BCUT2D eigenvalue weighted by Crippen LogP contribution is 2.43. The van der Waals surface area contributed by atoms with Crippen molar-refractivity contribution in [2.45, 2.75) is 32.6 Å². The van der Waals surface area contributed by atoms with E-state index in [1.807, 2.05) is 48.5 Å². The van der Waals surface area contributed by atoms with Gasteiger partial charge in [0, 0.05) is 59.9 Å². The van der Waals surface area contributed by atoms with Crippen LogP contribution in [0.25, 0.3) is 10.8 Å². The van der Waals surface area contributed by atoms with Crippen molar-refractivity contribution in [3.63, 3.8) is 0 Å². The minimum absolute atomic E-state index is 0.260. The predicted molar refractivity (Wildman–Crippen MR) is 235 cm³/mol. The smallest absolute Gasteiger partial charge is 0.323 e. The van der Waals surface area contributed by atoms with Crippen molar-refractivity contribution < 1.29 is 37.8 Å². The first-order valence-electron chi connectivity index (χ1n) is 19.2. The zero-order chi connectivity index (χ0) is 42.6. The van der Waals surface area contributed by atoms with Crippen molar-refractivity contribution in [3.05, 3.63) is 113 Å². The molecular formula is C46H53N4O8P. The van der Waals surface area contributed by atoms with Crippen LogP contribution in [0.5, 0.6) is 17.2 Å². The molecule has 0 bridgehead atoms. The van der Waals surface area contributed by atoms with Crippen LogP contribution in [-0.4, -0.2) is 84.1 Å². The standard InChI is InChI=1S/C46H53N4O8P/c1-9-31-24-32(26-33(25-31)44(51)48-18-19-56-22-23-57-21-20-54-5)27-35-30-36(16-17-47-35)58-41-15-14-39(37-12-10-11-13-38(37)41)49-45(52)50-40-28-34(46(2,3)4)29-42(43(40)55-6)59(7,8)53/h1,10-17,24-26,28-30H,18-23,27H2,2-8H3,(H,48,51)(H2,49,50,52). The number of urea groups is 1. The van der Waals surface area contributed by atoms with Gasteiger partial charge >= 0.3 is 6.03 Å². The van der Waals surface area contributed by atoms with Gasteiger partial charge < -0.3 is 44.2 Å². The molecule has 0 aliphatic carbocycles. The van der Waals surface area contributed by atoms with Gasteiger partial charge in [0.1, 0.15) is 18.6 Å². The first kappa shape index (κ1) is 44.4. The molecule has 5 rings (SSSR count). The minimum atomic E-state index is -2.76. The molecular weight excluding hydrogens is 767 g/mol. The number of pyridine rings is 1. The number of fused-ring (bicyclic) bond motifs is 1. The second-order valence-electron chi connectivity index (χ2n) is 15.2. The first-order valence-corrected chi connectivity index (χ1v) is 21.8. The Morgan fingerprint density at radius 1 is 0.831 bits per heavy atom. The highest BCUT2D eigenvalue weighted by Gasteiger charge is 2.26. The van der Waals surface area contributed by atoms with Crippen molar-refractivity contribution in [3.8, 4) is 29.6 Å². The Kier molecular flexibility index (Phi) is 15.3. The summed E-state index contributed by atoms with van der Waals surface area (Å²) in [7, 11) is 0.365. The maximum atomic E-state index is 13.6. The summed E-state index contributed by atoms with van der Waals surface area (Å²) in [5.41, 5.74) is 4.18. The normalized spacial score (nSPS) is 11.5. The molecule has 3 amide bonds. The molecule has 1 aromatic heterocycles. The third-order valence-electron chi connectivity index (χ3n) is 9.26. The number of hydrogen-bond acceptors (Lipinski definition) is 9. The summed E-state index contributed by atoms with van der Waals surface area (Å²) in [6.07, 6.45) is 7.82. The molecule has 0 saturated carbocycles. The Hall–Kier alpha value is -5.70. The number of aromatic nitrogens is 1. The molecule has 0 spiro atoms. The van der Waals surface area contributed by atoms with Gasteiger partial charge in [-0.1, -0.05) is 51.0 Å². The number of hydrogen-bond donors (Lipinski definition) is 3. The maximum absolute atomic E-state index is 13.6. The van der Waals surface area contributed by atoms with Crippen LogP contribution in [0.15, 0.2) is 85.1 Å². The van der Waals surface area contributed by atoms with E-state index in [2.05, 4.69) is 47.6 Å². The van der Waals surface area contributed by atoms with Crippen LogP contribution in [0.4, 0.5) is 16.2 Å². The van der Waals surface area contributed by atoms with Gasteiger partial charge in [0.25, 0.3) is 5.91 Å². The number of carbonyl (C=O) groups is 2. The molecule has 0 unspecified atom stereocenters. The third kappa shape index (κ3) is 12.4. The fourth-order valence-corrected chi connectivity index (χ4v) is 7.41. The Morgan fingerprint density at radius 3 is 2.24 bits per heavy atom. The molecule has 5 aromatic rings. The van der Waals surface area contributed by atoms with E-state index in [1.54, 1.807) is 57.0 Å². The third-order valence-corrected chi connectivity index (χ3v) is 10.8. The fourth-order valence-electron chi connectivity index (χ4n) is 6.26. The molecule has 0 atom stereocenters. The van der Waals surface area contributed by atoms with Crippen molar-refractivity contribution >= 4 is 46.5 Å². The summed E-state index contributed by atoms with van der Waals surface area (Å²) in [4.78, 5) is 31.1. The quantitative estimate of drug-likeness (QED) is 0.0452. The Bertz CT molecular complexity index is 2360. The second kappa shape index (κ2) is 20.3. The van der Waals surface area contributed by atoms with Gasteiger partial charge in [-0.3, -0.25) is 9.78 Å². The number of carbonyl (C=O) groups excluding carboxylic acids is 2. The summed E-state index contributed by atoms with van der Waals surface area (Å²) in [5.74, 6) is 3.88. The lowest BCUT2D eigenvalue weighted by Crippen LogP contribution is -2.28. The second-order valence-corrected chi connectivity index (χ2v) is 18.4. The molecule has 4 aromatic carbocycles. The molecule has 310 valence electrons. The van der Waals surface area contributed by atoms with Crippen molar-refractivity contribution in [2.24, 2.45) is 0 Å². The van der Waals surface area contributed by atoms with Crippen LogP contribution in [0.2, 0.25) is 0 Å². The molecule has 0 saturated heterocycles. The number of amides is 3. The summed E-state index contributed by atoms with van der Waals surface area (Å²) in [5, 5.41) is 10.9. The van der Waals surface area contributed by atoms with Gasteiger partial charge in [0.2, 0.25) is 0 Å². The van der Waals surface area contributed by atoms with Crippen LogP contribution in [0.3, 0.4) is 0 Å². The molecule has 12 nitrogen and oxygen atoms in total. The number of ether oxygens (including phenoxy) is 5. The lowest BCUT2D eigenvalue weighted by atomic mass is 9.86. The average molecular weight is 821 g/mol. The summed E-state index contributed by atoms with van der Waals surface area (Å²) >= 11 is 0. The number of nitrogens with zero attached hydrogens (tertiary/aromatic N) is 1. The SMILES string of the molecule is C#Cc1cc(Cc2cc(Oc3ccc(NC(=O)Nc4cc(C(C)(C)C)cc(P(C)(C)=O)c4OC)c4ccccc34)ccn2)cc(C(=O)NCCOCCOCCOC)c1. The zero-order valence-corrected chi connectivity index (χ0v) is 35.7. The van der Waals surface area contributed by atoms with Gasteiger partial charge in [-0.25, -0.2) is 4.79 Å². The van der Waals surface area contributed by atoms with E-state index < -0.39 is 13.2 Å². The van der Waals surface area contributed by atoms with E-state index >= 15 is 0 Å². The Labute approximate surface area is 346 Å². The summed E-state index contributed by atoms with van der Waals surface area (Å²) in [6, 6.07) is 23.4. The Morgan fingerprint density at radius 2 is 1.54 bits per heavy atom. The van der Waals surface area contributed by atoms with E-state index in [0.29, 0.717) is 96.7 Å². The fraction of sp³-hybridized carbons (Fsp3) is 0.326. The van der Waals surface area contributed by atoms with Gasteiger partial charge in [-0.15, -0.1) is 6.42 Å². The van der Waals surface area contributed by atoms with E-state index in [4.69, 9.17) is 30.1 Å². The molecule has 0 aliphatic rings. The van der Waals surface area contributed by atoms with Crippen molar-refractivity contribution in [2.75, 3.05) is 77.8 Å². The molecule has 3 N–H and O–H groups in total. The van der Waals surface area contributed by atoms with E-state index in [9.17, 15) is 14.2 Å². The lowest BCUT2D eigenvalue weighted by Gasteiger charge is -2.25. The predicted octanol–water partition coefficient (Wildman–Crippen LogP) is 8.21. The summed E-state index contributed by atoms with van der Waals surface area (Å²) in [6.45, 7) is 12.1. The number of benzene rings is 4. The number of methoxy groups -OCH3 is 2. The zero-order valence-electron chi connectivity index (χ0n) is 34.8. The van der Waals surface area contributed by atoms with Crippen molar-refractivity contribution in [1.82, 2.24) is 10.3 Å². The maximum Gasteiger partial charge on any atom is 0.323 e. The van der Waals surface area contributed by atoms with E-state index in [0.717, 1.165) is 21.9 Å². The minimum Gasteiger partial charge on any atom is -0.494 e. The summed E-state index contributed by atoms with van der Waals surface area (Å²) < 4.78 is 41.3. The number of terminal acetylenes is 1. The van der Waals surface area contributed by atoms with Crippen LogP contribution < -0.4 is 30.7 Å². The number of anilines is 2. The highest BCUT2D eigenvalue weighted by atomic mass is 31.2.